The molecule has 60 heavy (non-hydrogen) atoms. The summed E-state index contributed by atoms with van der Waals surface area (Å²) in [5.41, 5.74) is 0. The van der Waals surface area contributed by atoms with Gasteiger partial charge in [0.25, 0.3) is 0 Å². The van der Waals surface area contributed by atoms with Gasteiger partial charge in [-0.3, -0.25) is 14.4 Å². The molecule has 0 heterocycles. The van der Waals surface area contributed by atoms with Gasteiger partial charge in [-0.1, -0.05) is 265 Å². The van der Waals surface area contributed by atoms with Gasteiger partial charge in [0.1, 0.15) is 13.2 Å². The topological polar surface area (TPSA) is 78.9 Å². The van der Waals surface area contributed by atoms with E-state index in [-0.39, 0.29) is 31.1 Å². The van der Waals surface area contributed by atoms with Gasteiger partial charge in [0.15, 0.2) is 6.10 Å². The molecular formula is C54H104O6. The largest absolute Gasteiger partial charge is 0.462 e. The number of carbonyl (C=O) groups excluding carboxylic acids is 3. The van der Waals surface area contributed by atoms with Gasteiger partial charge in [0.2, 0.25) is 0 Å². The molecule has 356 valence electrons. The van der Waals surface area contributed by atoms with E-state index in [4.69, 9.17) is 14.2 Å². The van der Waals surface area contributed by atoms with E-state index in [9.17, 15) is 14.4 Å². The first-order valence-electron chi connectivity index (χ1n) is 26.9. The summed E-state index contributed by atoms with van der Waals surface area (Å²) in [4.78, 5) is 37.9. The van der Waals surface area contributed by atoms with Crippen LogP contribution in [0.5, 0.6) is 0 Å². The van der Waals surface area contributed by atoms with Gasteiger partial charge in [0, 0.05) is 19.3 Å². The Labute approximate surface area is 374 Å². The number of unbranched alkanes of at least 4 members (excludes halogenated alkanes) is 36. The molecule has 0 radical (unpaired) electrons. The van der Waals surface area contributed by atoms with E-state index in [2.05, 4.69) is 27.7 Å². The van der Waals surface area contributed by atoms with E-state index in [1.807, 2.05) is 0 Å². The Morgan fingerprint density at radius 2 is 0.550 bits per heavy atom. The molecule has 0 aromatic rings. The van der Waals surface area contributed by atoms with Crippen LogP contribution in [0, 0.1) is 5.92 Å². The highest BCUT2D eigenvalue weighted by Gasteiger charge is 2.19. The van der Waals surface area contributed by atoms with E-state index in [0.717, 1.165) is 63.7 Å². The van der Waals surface area contributed by atoms with Crippen molar-refractivity contribution in [2.45, 2.75) is 310 Å². The number of ether oxygens (including phenoxy) is 3. The Morgan fingerprint density at radius 1 is 0.317 bits per heavy atom. The van der Waals surface area contributed by atoms with Crippen LogP contribution in [0.1, 0.15) is 304 Å². The molecule has 0 saturated heterocycles. The zero-order chi connectivity index (χ0) is 43.8. The van der Waals surface area contributed by atoms with Crippen LogP contribution in [-0.4, -0.2) is 37.2 Å². The highest BCUT2D eigenvalue weighted by Crippen LogP contribution is 2.17. The minimum absolute atomic E-state index is 0.0624. The van der Waals surface area contributed by atoms with Crippen molar-refractivity contribution < 1.29 is 28.6 Å². The van der Waals surface area contributed by atoms with Gasteiger partial charge >= 0.3 is 17.9 Å². The molecule has 0 fully saturated rings. The maximum absolute atomic E-state index is 12.8. The molecule has 0 unspecified atom stereocenters. The lowest BCUT2D eigenvalue weighted by Gasteiger charge is -2.18. The molecule has 1 atom stereocenters. The fourth-order valence-electron chi connectivity index (χ4n) is 8.22. The fraction of sp³-hybridized carbons (Fsp3) is 0.944. The average Bonchev–Trinajstić information content (AvgIpc) is 3.23. The summed E-state index contributed by atoms with van der Waals surface area (Å²) in [5, 5.41) is 0. The Hall–Kier alpha value is -1.59. The average molecular weight is 849 g/mol. The molecule has 0 aliphatic carbocycles. The lowest BCUT2D eigenvalue weighted by Crippen LogP contribution is -2.30. The normalized spacial score (nSPS) is 11.9. The first-order valence-corrected chi connectivity index (χ1v) is 26.9. The van der Waals surface area contributed by atoms with E-state index < -0.39 is 6.10 Å². The molecule has 6 nitrogen and oxygen atoms in total. The third-order valence-corrected chi connectivity index (χ3v) is 12.3. The molecule has 0 aliphatic rings. The van der Waals surface area contributed by atoms with Crippen molar-refractivity contribution in [1.82, 2.24) is 0 Å². The molecule has 0 aliphatic heterocycles. The van der Waals surface area contributed by atoms with Crippen molar-refractivity contribution >= 4 is 17.9 Å². The number of esters is 3. The summed E-state index contributed by atoms with van der Waals surface area (Å²) in [5.74, 6) is 0.00985. The van der Waals surface area contributed by atoms with Crippen molar-refractivity contribution in [1.29, 1.82) is 0 Å². The zero-order valence-corrected chi connectivity index (χ0v) is 40.9. The Kier molecular flexibility index (Phi) is 47.2. The van der Waals surface area contributed by atoms with E-state index >= 15 is 0 Å². The third-order valence-electron chi connectivity index (χ3n) is 12.3. The molecule has 0 rings (SSSR count). The molecule has 6 heteroatoms. The van der Waals surface area contributed by atoms with Crippen LogP contribution in [0.25, 0.3) is 0 Å². The first-order chi connectivity index (χ1) is 29.4. The van der Waals surface area contributed by atoms with E-state index in [1.165, 1.54) is 199 Å². The molecule has 0 bridgehead atoms. The van der Waals surface area contributed by atoms with Crippen LogP contribution in [-0.2, 0) is 28.6 Å². The lowest BCUT2D eigenvalue weighted by atomic mass is 10.0. The van der Waals surface area contributed by atoms with E-state index in [1.54, 1.807) is 0 Å². The second-order valence-electron chi connectivity index (χ2n) is 19.0. The summed E-state index contributed by atoms with van der Waals surface area (Å²) < 4.78 is 16.8. The molecule has 0 aromatic carbocycles. The number of hydrogen-bond acceptors (Lipinski definition) is 6. The molecule has 0 amide bonds. The summed E-state index contributed by atoms with van der Waals surface area (Å²) >= 11 is 0. The molecule has 0 N–H and O–H groups in total. The number of rotatable bonds is 49. The van der Waals surface area contributed by atoms with Crippen LogP contribution in [0.3, 0.4) is 0 Å². The fourth-order valence-corrected chi connectivity index (χ4v) is 8.22. The second kappa shape index (κ2) is 48.4. The predicted molar refractivity (Wildman–Crippen MR) is 257 cm³/mol. The van der Waals surface area contributed by atoms with Crippen LogP contribution in [0.15, 0.2) is 0 Å². The highest BCUT2D eigenvalue weighted by molar-refractivity contribution is 5.71. The van der Waals surface area contributed by atoms with Crippen LogP contribution in [0.2, 0.25) is 0 Å². The van der Waals surface area contributed by atoms with Crippen LogP contribution < -0.4 is 0 Å². The predicted octanol–water partition coefficient (Wildman–Crippen LogP) is 17.5. The second-order valence-corrected chi connectivity index (χ2v) is 19.0. The minimum Gasteiger partial charge on any atom is -0.462 e. The van der Waals surface area contributed by atoms with Crippen LogP contribution >= 0.6 is 0 Å². The lowest BCUT2D eigenvalue weighted by molar-refractivity contribution is -0.167. The Morgan fingerprint density at radius 3 is 0.817 bits per heavy atom. The molecule has 0 spiro atoms. The number of carbonyl (C=O) groups is 3. The summed E-state index contributed by atoms with van der Waals surface area (Å²) in [6.07, 6.45) is 50.9. The zero-order valence-electron chi connectivity index (χ0n) is 40.9. The van der Waals surface area contributed by atoms with Gasteiger partial charge in [-0.15, -0.1) is 0 Å². The molecular weight excluding hydrogens is 745 g/mol. The maximum atomic E-state index is 12.8. The monoisotopic (exact) mass is 849 g/mol. The Bertz CT molecular complexity index is 903. The van der Waals surface area contributed by atoms with Crippen molar-refractivity contribution in [3.63, 3.8) is 0 Å². The van der Waals surface area contributed by atoms with Gasteiger partial charge in [-0.05, 0) is 25.2 Å². The van der Waals surface area contributed by atoms with E-state index in [0.29, 0.717) is 19.3 Å². The Balaban J connectivity index is 4.25. The highest BCUT2D eigenvalue weighted by atomic mass is 16.6. The summed E-state index contributed by atoms with van der Waals surface area (Å²) in [6.45, 7) is 9.04. The standard InChI is InChI=1S/C54H104O6/c1-5-7-9-11-13-15-17-26-30-34-38-42-46-53(56)59-49-51(48-58-52(55)45-41-37-33-29-24-16-14-12-10-8-6-2)60-54(57)47-43-39-35-31-27-23-21-19-18-20-22-25-28-32-36-40-44-50(3)4/h50-51H,5-49H2,1-4H3/t51-/m0/s1. The molecule has 0 saturated carbocycles. The minimum atomic E-state index is -0.760. The third kappa shape index (κ3) is 47.5. The van der Waals surface area contributed by atoms with Gasteiger partial charge in [-0.2, -0.15) is 0 Å². The number of hydrogen-bond donors (Lipinski definition) is 0. The van der Waals surface area contributed by atoms with Crippen molar-refractivity contribution in [2.75, 3.05) is 13.2 Å². The smallest absolute Gasteiger partial charge is 0.306 e. The van der Waals surface area contributed by atoms with Gasteiger partial charge < -0.3 is 14.2 Å². The first kappa shape index (κ1) is 58.4. The summed E-state index contributed by atoms with van der Waals surface area (Å²) in [6, 6.07) is 0. The van der Waals surface area contributed by atoms with Crippen molar-refractivity contribution in [2.24, 2.45) is 5.92 Å². The SMILES string of the molecule is CCCCCCCCCCCCCCC(=O)OC[C@H](COC(=O)CCCCCCCCCCCCC)OC(=O)CCCCCCCCCCCCCCCCCCC(C)C. The van der Waals surface area contributed by atoms with Crippen molar-refractivity contribution in [3.05, 3.63) is 0 Å². The van der Waals surface area contributed by atoms with Crippen molar-refractivity contribution in [3.8, 4) is 0 Å². The molecule has 0 aromatic heterocycles. The van der Waals surface area contributed by atoms with Gasteiger partial charge in [0.05, 0.1) is 0 Å². The van der Waals surface area contributed by atoms with Crippen LogP contribution in [0.4, 0.5) is 0 Å². The quantitative estimate of drug-likeness (QED) is 0.0345. The van der Waals surface area contributed by atoms with Gasteiger partial charge in [-0.25, -0.2) is 0 Å². The summed E-state index contributed by atoms with van der Waals surface area (Å²) in [7, 11) is 0. The maximum Gasteiger partial charge on any atom is 0.306 e.